The van der Waals surface area contributed by atoms with Crippen LogP contribution in [0.15, 0.2) is 23.2 Å². The normalized spacial score (nSPS) is 22.4. The molecule has 1 unspecified atom stereocenters. The first-order valence-corrected chi connectivity index (χ1v) is 11.1. The van der Waals surface area contributed by atoms with Gasteiger partial charge in [-0.2, -0.15) is 0 Å². The fourth-order valence-electron chi connectivity index (χ4n) is 4.64. The van der Waals surface area contributed by atoms with Crippen molar-refractivity contribution in [2.45, 2.75) is 43.6 Å². The smallest absolute Gasteiger partial charge is 0.191 e. The quantitative estimate of drug-likeness (QED) is 0.524. The van der Waals surface area contributed by atoms with Gasteiger partial charge in [0.2, 0.25) is 0 Å². The van der Waals surface area contributed by atoms with Crippen LogP contribution in [0.4, 0.5) is 0 Å². The Kier molecular flexibility index (Phi) is 8.22. The van der Waals surface area contributed by atoms with Crippen molar-refractivity contribution in [3.05, 3.63) is 23.8 Å². The van der Waals surface area contributed by atoms with Crippen molar-refractivity contribution in [1.82, 2.24) is 15.5 Å². The Labute approximate surface area is 181 Å². The molecule has 2 aliphatic rings. The van der Waals surface area contributed by atoms with Crippen LogP contribution in [-0.2, 0) is 10.2 Å². The van der Waals surface area contributed by atoms with Gasteiger partial charge in [-0.25, -0.2) is 0 Å². The molecule has 3 rings (SSSR count). The van der Waals surface area contributed by atoms with Gasteiger partial charge in [-0.1, -0.05) is 25.3 Å². The third kappa shape index (κ3) is 5.58. The zero-order valence-corrected chi connectivity index (χ0v) is 19.0. The Hall–Kier alpha value is -1.99. The highest BCUT2D eigenvalue weighted by Gasteiger charge is 2.35. The van der Waals surface area contributed by atoms with Gasteiger partial charge in [-0.05, 0) is 37.6 Å². The van der Waals surface area contributed by atoms with E-state index < -0.39 is 0 Å². The number of nitrogens with one attached hydrogen (secondary N) is 2. The van der Waals surface area contributed by atoms with Gasteiger partial charge in [0.05, 0.1) is 26.9 Å². The molecule has 1 atom stereocenters. The minimum atomic E-state index is 0.0664. The van der Waals surface area contributed by atoms with Crippen molar-refractivity contribution in [3.63, 3.8) is 0 Å². The summed E-state index contributed by atoms with van der Waals surface area (Å²) in [6, 6.07) is 6.36. The molecular formula is C23H38N4O3. The standard InChI is InChI=1S/C23H38N4O3/c1-24-22(25-15-19-16-27(2)12-13-30-19)26-17-23(10-6-5-7-11-23)18-8-9-20(28-3)21(14-18)29-4/h8-9,14,19H,5-7,10-13,15-17H2,1-4H3,(H2,24,25,26). The summed E-state index contributed by atoms with van der Waals surface area (Å²) in [4.78, 5) is 6.75. The summed E-state index contributed by atoms with van der Waals surface area (Å²) in [5.41, 5.74) is 1.37. The summed E-state index contributed by atoms with van der Waals surface area (Å²) >= 11 is 0. The van der Waals surface area contributed by atoms with Gasteiger partial charge < -0.3 is 29.7 Å². The van der Waals surface area contributed by atoms with Crippen LogP contribution in [0.5, 0.6) is 11.5 Å². The highest BCUT2D eigenvalue weighted by molar-refractivity contribution is 5.79. The van der Waals surface area contributed by atoms with E-state index in [0.29, 0.717) is 0 Å². The molecular weight excluding hydrogens is 380 g/mol. The van der Waals surface area contributed by atoms with Crippen molar-refractivity contribution in [3.8, 4) is 11.5 Å². The van der Waals surface area contributed by atoms with Crippen molar-refractivity contribution >= 4 is 5.96 Å². The Morgan fingerprint density at radius 1 is 1.17 bits per heavy atom. The topological polar surface area (TPSA) is 67.4 Å². The number of likely N-dealkylation sites (N-methyl/N-ethyl adjacent to an activating group) is 1. The molecule has 1 saturated carbocycles. The van der Waals surface area contributed by atoms with Crippen molar-refractivity contribution < 1.29 is 14.2 Å². The van der Waals surface area contributed by atoms with Crippen LogP contribution in [0, 0.1) is 0 Å². The van der Waals surface area contributed by atoms with Gasteiger partial charge in [0.15, 0.2) is 17.5 Å². The van der Waals surface area contributed by atoms with E-state index in [0.717, 1.165) is 63.1 Å². The highest BCUT2D eigenvalue weighted by Crippen LogP contribution is 2.42. The lowest BCUT2D eigenvalue weighted by atomic mass is 9.69. The lowest BCUT2D eigenvalue weighted by molar-refractivity contribution is -0.0161. The van der Waals surface area contributed by atoms with Crippen molar-refractivity contribution in [2.24, 2.45) is 4.99 Å². The average molecular weight is 419 g/mol. The average Bonchev–Trinajstić information content (AvgIpc) is 2.79. The van der Waals surface area contributed by atoms with Gasteiger partial charge in [0, 0.05) is 38.6 Å². The van der Waals surface area contributed by atoms with Crippen LogP contribution in [0.25, 0.3) is 0 Å². The van der Waals surface area contributed by atoms with Gasteiger partial charge in [-0.15, -0.1) is 0 Å². The molecule has 30 heavy (non-hydrogen) atoms. The number of morpholine rings is 1. The van der Waals surface area contributed by atoms with E-state index in [9.17, 15) is 0 Å². The number of hydrogen-bond acceptors (Lipinski definition) is 5. The third-order valence-corrected chi connectivity index (χ3v) is 6.46. The molecule has 1 aromatic carbocycles. The molecule has 1 aliphatic heterocycles. The lowest BCUT2D eigenvalue weighted by Gasteiger charge is -2.39. The number of hydrogen-bond donors (Lipinski definition) is 2. The number of ether oxygens (including phenoxy) is 3. The minimum Gasteiger partial charge on any atom is -0.493 e. The first-order chi connectivity index (χ1) is 14.6. The molecule has 0 amide bonds. The summed E-state index contributed by atoms with van der Waals surface area (Å²) < 4.78 is 16.9. The third-order valence-electron chi connectivity index (χ3n) is 6.46. The number of methoxy groups -OCH3 is 2. The summed E-state index contributed by atoms with van der Waals surface area (Å²) in [5.74, 6) is 2.40. The molecule has 2 N–H and O–H groups in total. The number of nitrogens with zero attached hydrogens (tertiary/aromatic N) is 2. The number of benzene rings is 1. The largest absolute Gasteiger partial charge is 0.493 e. The fraction of sp³-hybridized carbons (Fsp3) is 0.696. The summed E-state index contributed by atoms with van der Waals surface area (Å²) in [5, 5.41) is 7.04. The van der Waals surface area contributed by atoms with E-state index in [-0.39, 0.29) is 11.5 Å². The zero-order chi connectivity index (χ0) is 21.4. The monoisotopic (exact) mass is 418 g/mol. The van der Waals surface area contributed by atoms with Crippen LogP contribution in [0.3, 0.4) is 0 Å². The molecule has 1 aromatic rings. The molecule has 0 spiro atoms. The van der Waals surface area contributed by atoms with E-state index >= 15 is 0 Å². The van der Waals surface area contributed by atoms with Gasteiger partial charge >= 0.3 is 0 Å². The second kappa shape index (κ2) is 10.9. The molecule has 0 aromatic heterocycles. The van der Waals surface area contributed by atoms with Crippen LogP contribution < -0.4 is 20.1 Å². The molecule has 0 radical (unpaired) electrons. The van der Waals surface area contributed by atoms with Gasteiger partial charge in [-0.3, -0.25) is 4.99 Å². The van der Waals surface area contributed by atoms with Gasteiger partial charge in [0.25, 0.3) is 0 Å². The predicted molar refractivity (Wildman–Crippen MR) is 121 cm³/mol. The fourth-order valence-corrected chi connectivity index (χ4v) is 4.64. The molecule has 1 saturated heterocycles. The van der Waals surface area contributed by atoms with Crippen LogP contribution >= 0.6 is 0 Å². The zero-order valence-electron chi connectivity index (χ0n) is 19.0. The molecule has 7 heteroatoms. The van der Waals surface area contributed by atoms with Crippen LogP contribution in [0.1, 0.15) is 37.7 Å². The number of guanidine groups is 1. The molecule has 2 fully saturated rings. The summed E-state index contributed by atoms with van der Waals surface area (Å²) in [6.07, 6.45) is 6.28. The maximum absolute atomic E-state index is 5.86. The molecule has 168 valence electrons. The highest BCUT2D eigenvalue weighted by atomic mass is 16.5. The Bertz CT molecular complexity index is 704. The van der Waals surface area contributed by atoms with E-state index in [2.05, 4.69) is 39.7 Å². The molecule has 1 heterocycles. The number of aliphatic imine (C=N–C) groups is 1. The predicted octanol–water partition coefficient (Wildman–Crippen LogP) is 2.40. The summed E-state index contributed by atoms with van der Waals surface area (Å²) in [7, 11) is 7.34. The summed E-state index contributed by atoms with van der Waals surface area (Å²) in [6.45, 7) is 4.33. The molecule has 0 bridgehead atoms. The van der Waals surface area contributed by atoms with Crippen molar-refractivity contribution in [1.29, 1.82) is 0 Å². The maximum atomic E-state index is 5.86. The minimum absolute atomic E-state index is 0.0664. The number of rotatable bonds is 7. The first-order valence-electron chi connectivity index (χ1n) is 11.1. The second-order valence-electron chi connectivity index (χ2n) is 8.47. The maximum Gasteiger partial charge on any atom is 0.191 e. The van der Waals surface area contributed by atoms with E-state index in [1.807, 2.05) is 13.1 Å². The Balaban J connectivity index is 1.67. The van der Waals surface area contributed by atoms with Crippen LogP contribution in [-0.4, -0.2) is 78.1 Å². The van der Waals surface area contributed by atoms with E-state index in [1.54, 1.807) is 14.2 Å². The van der Waals surface area contributed by atoms with E-state index in [1.165, 1.54) is 24.8 Å². The Morgan fingerprint density at radius 2 is 1.93 bits per heavy atom. The lowest BCUT2D eigenvalue weighted by Crippen LogP contribution is -2.50. The van der Waals surface area contributed by atoms with Crippen LogP contribution in [0.2, 0.25) is 0 Å². The first kappa shape index (κ1) is 22.7. The SMILES string of the molecule is CN=C(NCC1CN(C)CCO1)NCC1(c2ccc(OC)c(OC)c2)CCCCC1. The second-order valence-corrected chi connectivity index (χ2v) is 8.47. The Morgan fingerprint density at radius 3 is 2.60 bits per heavy atom. The van der Waals surface area contributed by atoms with Crippen molar-refractivity contribution in [2.75, 3.05) is 61.1 Å². The van der Waals surface area contributed by atoms with Gasteiger partial charge in [0.1, 0.15) is 0 Å². The molecule has 1 aliphatic carbocycles. The van der Waals surface area contributed by atoms with E-state index in [4.69, 9.17) is 14.2 Å². The molecule has 7 nitrogen and oxygen atoms in total.